The van der Waals surface area contributed by atoms with E-state index in [9.17, 15) is 0 Å². The summed E-state index contributed by atoms with van der Waals surface area (Å²) in [6, 6.07) is 0. The van der Waals surface area contributed by atoms with Gasteiger partial charge in [-0.1, -0.05) is 0 Å². The molecular weight excluding hydrogens is 178 g/mol. The largest absolute Gasteiger partial charge is 0.312 e. The molecule has 13 heavy (non-hydrogen) atoms. The minimum atomic E-state index is 0.489. The van der Waals surface area contributed by atoms with Gasteiger partial charge in [-0.05, 0) is 63.0 Å². The molecule has 2 rings (SSSR count). The molecule has 0 radical (unpaired) electrons. The van der Waals surface area contributed by atoms with Gasteiger partial charge in [0, 0.05) is 5.54 Å². The van der Waals surface area contributed by atoms with E-state index in [1.54, 1.807) is 0 Å². The molecule has 2 heteroatoms. The van der Waals surface area contributed by atoms with Crippen LogP contribution in [0.5, 0.6) is 0 Å². The molecule has 0 aromatic carbocycles. The Morgan fingerprint density at radius 2 is 2.38 bits per heavy atom. The maximum Gasteiger partial charge on any atom is 0.0156 e. The molecule has 1 nitrogen and oxygen atoms in total. The first-order valence-electron chi connectivity index (χ1n) is 5.61. The van der Waals surface area contributed by atoms with Crippen LogP contribution in [-0.4, -0.2) is 23.6 Å². The third kappa shape index (κ3) is 2.63. The van der Waals surface area contributed by atoms with Gasteiger partial charge in [0.05, 0.1) is 0 Å². The van der Waals surface area contributed by atoms with Crippen LogP contribution in [0, 0.1) is 5.92 Å². The number of hydrogen-bond donors (Lipinski definition) is 1. The first-order valence-corrected chi connectivity index (χ1v) is 6.77. The second-order valence-corrected chi connectivity index (χ2v) is 6.03. The lowest BCUT2D eigenvalue weighted by atomic mass is 9.86. The van der Waals surface area contributed by atoms with Gasteiger partial charge in [0.15, 0.2) is 0 Å². The van der Waals surface area contributed by atoms with Crippen molar-refractivity contribution in [2.75, 3.05) is 18.1 Å². The second kappa shape index (κ2) is 4.22. The number of hydrogen-bond acceptors (Lipinski definition) is 2. The summed E-state index contributed by atoms with van der Waals surface area (Å²) in [6.07, 6.45) is 7.13. The van der Waals surface area contributed by atoms with E-state index in [1.807, 2.05) is 0 Å². The van der Waals surface area contributed by atoms with E-state index in [-0.39, 0.29) is 0 Å². The maximum atomic E-state index is 3.67. The highest BCUT2D eigenvalue weighted by atomic mass is 32.2. The van der Waals surface area contributed by atoms with Gasteiger partial charge in [-0.25, -0.2) is 0 Å². The highest BCUT2D eigenvalue weighted by Gasteiger charge is 2.31. The summed E-state index contributed by atoms with van der Waals surface area (Å²) in [5.74, 6) is 3.81. The Morgan fingerprint density at radius 3 is 3.00 bits per heavy atom. The van der Waals surface area contributed by atoms with Crippen LogP contribution in [0.1, 0.15) is 39.0 Å². The number of rotatable bonds is 2. The summed E-state index contributed by atoms with van der Waals surface area (Å²) in [6.45, 7) is 3.66. The first-order chi connectivity index (χ1) is 6.29. The van der Waals surface area contributed by atoms with Crippen LogP contribution >= 0.6 is 11.8 Å². The van der Waals surface area contributed by atoms with Gasteiger partial charge in [0.2, 0.25) is 0 Å². The van der Waals surface area contributed by atoms with Crippen molar-refractivity contribution < 1.29 is 0 Å². The minimum Gasteiger partial charge on any atom is -0.312 e. The van der Waals surface area contributed by atoms with Crippen LogP contribution in [0.25, 0.3) is 0 Å². The smallest absolute Gasteiger partial charge is 0.0156 e. The Hall–Kier alpha value is 0.310. The summed E-state index contributed by atoms with van der Waals surface area (Å²) in [7, 11) is 0. The minimum absolute atomic E-state index is 0.489. The first kappa shape index (κ1) is 9.85. The molecule has 0 amide bonds. The van der Waals surface area contributed by atoms with E-state index in [4.69, 9.17) is 0 Å². The van der Waals surface area contributed by atoms with Crippen molar-refractivity contribution in [1.29, 1.82) is 0 Å². The summed E-state index contributed by atoms with van der Waals surface area (Å²) in [5.41, 5.74) is 0.489. The van der Waals surface area contributed by atoms with E-state index in [0.29, 0.717) is 5.54 Å². The average molecular weight is 199 g/mol. The van der Waals surface area contributed by atoms with Gasteiger partial charge in [-0.15, -0.1) is 0 Å². The molecule has 0 aromatic heterocycles. The molecule has 0 spiro atoms. The van der Waals surface area contributed by atoms with Crippen molar-refractivity contribution in [1.82, 2.24) is 5.32 Å². The second-order valence-electron chi connectivity index (χ2n) is 4.88. The van der Waals surface area contributed by atoms with E-state index in [1.165, 1.54) is 50.2 Å². The molecule has 2 aliphatic rings. The van der Waals surface area contributed by atoms with Gasteiger partial charge < -0.3 is 5.32 Å². The zero-order valence-electron chi connectivity index (χ0n) is 8.64. The van der Waals surface area contributed by atoms with Crippen molar-refractivity contribution >= 4 is 11.8 Å². The predicted octanol–water partition coefficient (Wildman–Crippen LogP) is 2.66. The van der Waals surface area contributed by atoms with E-state index in [2.05, 4.69) is 24.0 Å². The Bertz CT molecular complexity index is 157. The standard InChI is InChI=1S/C11H21NS/c1-11(5-3-6-12-11)8-10-4-2-7-13-9-10/h10,12H,2-9H2,1H3. The molecule has 2 heterocycles. The summed E-state index contributed by atoms with van der Waals surface area (Å²) >= 11 is 2.16. The number of nitrogens with one attached hydrogen (secondary N) is 1. The predicted molar refractivity (Wildman–Crippen MR) is 60.3 cm³/mol. The van der Waals surface area contributed by atoms with Crippen LogP contribution in [0.3, 0.4) is 0 Å². The fraction of sp³-hybridized carbons (Fsp3) is 1.00. The summed E-state index contributed by atoms with van der Waals surface area (Å²) in [4.78, 5) is 0. The van der Waals surface area contributed by atoms with Crippen molar-refractivity contribution in [2.45, 2.75) is 44.6 Å². The highest BCUT2D eigenvalue weighted by Crippen LogP contribution is 2.33. The van der Waals surface area contributed by atoms with Crippen LogP contribution in [-0.2, 0) is 0 Å². The zero-order valence-corrected chi connectivity index (χ0v) is 9.46. The summed E-state index contributed by atoms with van der Waals surface area (Å²) < 4.78 is 0. The molecule has 2 saturated heterocycles. The molecule has 2 atom stereocenters. The molecular formula is C11H21NS. The lowest BCUT2D eigenvalue weighted by Crippen LogP contribution is -2.39. The van der Waals surface area contributed by atoms with Crippen molar-refractivity contribution in [3.05, 3.63) is 0 Å². The van der Waals surface area contributed by atoms with Gasteiger partial charge >= 0.3 is 0 Å². The molecule has 0 bridgehead atoms. The quantitative estimate of drug-likeness (QED) is 0.734. The monoisotopic (exact) mass is 199 g/mol. The van der Waals surface area contributed by atoms with Crippen LogP contribution in [0.15, 0.2) is 0 Å². The Kier molecular flexibility index (Phi) is 3.20. The maximum absolute atomic E-state index is 3.67. The SMILES string of the molecule is CC1(CC2CCCSC2)CCCN1. The van der Waals surface area contributed by atoms with Crippen molar-refractivity contribution in [2.24, 2.45) is 5.92 Å². The molecule has 0 saturated carbocycles. The van der Waals surface area contributed by atoms with Crippen molar-refractivity contribution in [3.8, 4) is 0 Å². The molecule has 0 aliphatic carbocycles. The lowest BCUT2D eigenvalue weighted by molar-refractivity contribution is 0.309. The fourth-order valence-electron chi connectivity index (χ4n) is 2.74. The zero-order chi connectivity index (χ0) is 9.15. The number of thioether (sulfide) groups is 1. The Balaban J connectivity index is 1.81. The summed E-state index contributed by atoms with van der Waals surface area (Å²) in [5, 5.41) is 3.67. The van der Waals surface area contributed by atoms with Crippen LogP contribution in [0.2, 0.25) is 0 Å². The van der Waals surface area contributed by atoms with Crippen molar-refractivity contribution in [3.63, 3.8) is 0 Å². The van der Waals surface area contributed by atoms with Gasteiger partial charge in [-0.3, -0.25) is 0 Å². The molecule has 1 N–H and O–H groups in total. The Morgan fingerprint density at radius 1 is 1.46 bits per heavy atom. The molecule has 76 valence electrons. The van der Waals surface area contributed by atoms with Gasteiger partial charge in [-0.2, -0.15) is 11.8 Å². The highest BCUT2D eigenvalue weighted by molar-refractivity contribution is 7.99. The van der Waals surface area contributed by atoms with Gasteiger partial charge in [0.1, 0.15) is 0 Å². The molecule has 0 aromatic rings. The van der Waals surface area contributed by atoms with E-state index >= 15 is 0 Å². The topological polar surface area (TPSA) is 12.0 Å². The van der Waals surface area contributed by atoms with E-state index in [0.717, 1.165) is 5.92 Å². The molecule has 2 fully saturated rings. The van der Waals surface area contributed by atoms with E-state index < -0.39 is 0 Å². The van der Waals surface area contributed by atoms with Crippen LogP contribution in [0.4, 0.5) is 0 Å². The third-order valence-corrected chi connectivity index (χ3v) is 4.74. The molecule has 2 unspecified atom stereocenters. The fourth-order valence-corrected chi connectivity index (χ4v) is 3.89. The third-order valence-electron chi connectivity index (χ3n) is 3.45. The van der Waals surface area contributed by atoms with Gasteiger partial charge in [0.25, 0.3) is 0 Å². The van der Waals surface area contributed by atoms with Crippen LogP contribution < -0.4 is 5.32 Å². The Labute approximate surface area is 86.0 Å². The molecule has 2 aliphatic heterocycles. The normalized spacial score (nSPS) is 40.8. The average Bonchev–Trinajstić information content (AvgIpc) is 2.54. The lowest BCUT2D eigenvalue weighted by Gasteiger charge is -2.31.